The van der Waals surface area contributed by atoms with Crippen LogP contribution >= 0.6 is 0 Å². The fraction of sp³-hybridized carbons (Fsp3) is 0.917. The number of likely N-dealkylation sites (tertiary alicyclic amines) is 1. The number of rotatable bonds is 5. The number of aliphatic carboxylic acids is 1. The largest absolute Gasteiger partial charge is 0.480 e. The van der Waals surface area contributed by atoms with Crippen LogP contribution in [0.15, 0.2) is 0 Å². The lowest BCUT2D eigenvalue weighted by molar-refractivity contribution is -0.139. The summed E-state index contributed by atoms with van der Waals surface area (Å²) in [6, 6.07) is 0.770. The zero-order chi connectivity index (χ0) is 12.1. The first kappa shape index (κ1) is 13.5. The number of hydrogen-bond acceptors (Lipinski definition) is 3. The highest BCUT2D eigenvalue weighted by Crippen LogP contribution is 2.22. The Labute approximate surface area is 98.0 Å². The summed E-state index contributed by atoms with van der Waals surface area (Å²) in [6.45, 7) is 5.36. The topological polar surface area (TPSA) is 52.6 Å². The van der Waals surface area contributed by atoms with E-state index in [0.717, 1.165) is 6.54 Å². The van der Waals surface area contributed by atoms with Crippen LogP contribution in [-0.2, 0) is 4.79 Å². The van der Waals surface area contributed by atoms with E-state index in [9.17, 15) is 4.79 Å². The van der Waals surface area contributed by atoms with Crippen LogP contribution in [0.3, 0.4) is 0 Å². The minimum Gasteiger partial charge on any atom is -0.480 e. The third-order valence-corrected chi connectivity index (χ3v) is 3.70. The molecule has 0 aromatic heterocycles. The van der Waals surface area contributed by atoms with Gasteiger partial charge in [0.1, 0.15) is 6.04 Å². The molecule has 16 heavy (non-hydrogen) atoms. The molecule has 1 rings (SSSR count). The first-order chi connectivity index (χ1) is 7.56. The summed E-state index contributed by atoms with van der Waals surface area (Å²) in [7, 11) is 1.71. The molecule has 1 fully saturated rings. The van der Waals surface area contributed by atoms with Gasteiger partial charge in [0, 0.05) is 18.6 Å². The standard InChI is InChI=1S/C12H24N2O2/c1-9-5-4-6-10(2)14(9)8-7-11(13-3)12(15)16/h9-11,13H,4-8H2,1-3H3,(H,15,16)/t9-,10+,11?. The van der Waals surface area contributed by atoms with Gasteiger partial charge < -0.3 is 10.4 Å². The van der Waals surface area contributed by atoms with Gasteiger partial charge in [-0.2, -0.15) is 0 Å². The van der Waals surface area contributed by atoms with Crippen LogP contribution in [0.5, 0.6) is 0 Å². The number of carbonyl (C=O) groups is 1. The van der Waals surface area contributed by atoms with Crippen molar-refractivity contribution < 1.29 is 9.90 Å². The molecule has 3 atom stereocenters. The van der Waals surface area contributed by atoms with Crippen molar-refractivity contribution in [1.82, 2.24) is 10.2 Å². The zero-order valence-electron chi connectivity index (χ0n) is 10.6. The summed E-state index contributed by atoms with van der Waals surface area (Å²) in [6.07, 6.45) is 4.46. The van der Waals surface area contributed by atoms with Crippen LogP contribution in [0.2, 0.25) is 0 Å². The van der Waals surface area contributed by atoms with Gasteiger partial charge >= 0.3 is 5.97 Å². The van der Waals surface area contributed by atoms with Crippen LogP contribution < -0.4 is 5.32 Å². The Morgan fingerprint density at radius 3 is 2.44 bits per heavy atom. The molecule has 0 aromatic carbocycles. The van der Waals surface area contributed by atoms with Crippen LogP contribution in [0.1, 0.15) is 39.5 Å². The van der Waals surface area contributed by atoms with Crippen LogP contribution in [0.25, 0.3) is 0 Å². The van der Waals surface area contributed by atoms with Crippen molar-refractivity contribution in [2.24, 2.45) is 0 Å². The average Bonchev–Trinajstić information content (AvgIpc) is 2.22. The molecule has 1 unspecified atom stereocenters. The third-order valence-electron chi connectivity index (χ3n) is 3.70. The molecule has 1 heterocycles. The van der Waals surface area contributed by atoms with Crippen LogP contribution in [0, 0.1) is 0 Å². The van der Waals surface area contributed by atoms with Crippen molar-refractivity contribution in [3.05, 3.63) is 0 Å². The molecule has 4 nitrogen and oxygen atoms in total. The summed E-state index contributed by atoms with van der Waals surface area (Å²) in [5.41, 5.74) is 0. The van der Waals surface area contributed by atoms with E-state index in [1.54, 1.807) is 7.05 Å². The van der Waals surface area contributed by atoms with Crippen molar-refractivity contribution in [2.45, 2.75) is 57.7 Å². The van der Waals surface area contributed by atoms with E-state index in [4.69, 9.17) is 5.11 Å². The minimum absolute atomic E-state index is 0.415. The fourth-order valence-electron chi connectivity index (χ4n) is 2.58. The number of likely N-dealkylation sites (N-methyl/N-ethyl adjacent to an activating group) is 1. The van der Waals surface area contributed by atoms with Gasteiger partial charge in [-0.05, 0) is 40.2 Å². The first-order valence-electron chi connectivity index (χ1n) is 6.22. The number of nitrogens with zero attached hydrogens (tertiary/aromatic N) is 1. The van der Waals surface area contributed by atoms with E-state index in [-0.39, 0.29) is 0 Å². The number of hydrogen-bond donors (Lipinski definition) is 2. The Balaban J connectivity index is 2.42. The lowest BCUT2D eigenvalue weighted by atomic mass is 9.97. The van der Waals surface area contributed by atoms with Crippen molar-refractivity contribution in [2.75, 3.05) is 13.6 Å². The van der Waals surface area contributed by atoms with Gasteiger partial charge in [0.05, 0.1) is 0 Å². The number of piperidine rings is 1. The molecular formula is C12H24N2O2. The van der Waals surface area contributed by atoms with Gasteiger partial charge in [-0.1, -0.05) is 6.42 Å². The van der Waals surface area contributed by atoms with E-state index in [1.165, 1.54) is 19.3 Å². The lowest BCUT2D eigenvalue weighted by Gasteiger charge is -2.39. The normalized spacial score (nSPS) is 28.9. The van der Waals surface area contributed by atoms with E-state index in [0.29, 0.717) is 18.5 Å². The highest BCUT2D eigenvalue weighted by atomic mass is 16.4. The third kappa shape index (κ3) is 3.46. The Bertz CT molecular complexity index is 223. The average molecular weight is 228 g/mol. The van der Waals surface area contributed by atoms with Gasteiger partial charge in [0.25, 0.3) is 0 Å². The second-order valence-electron chi connectivity index (χ2n) is 4.83. The first-order valence-corrected chi connectivity index (χ1v) is 6.22. The molecule has 0 amide bonds. The van der Waals surface area contributed by atoms with Crippen LogP contribution in [-0.4, -0.2) is 47.7 Å². The van der Waals surface area contributed by atoms with Gasteiger partial charge in [-0.3, -0.25) is 9.69 Å². The maximum absolute atomic E-state index is 10.9. The molecule has 0 radical (unpaired) electrons. The van der Waals surface area contributed by atoms with Crippen molar-refractivity contribution in [3.63, 3.8) is 0 Å². The lowest BCUT2D eigenvalue weighted by Crippen LogP contribution is -2.46. The molecule has 94 valence electrons. The molecule has 2 N–H and O–H groups in total. The van der Waals surface area contributed by atoms with Gasteiger partial charge in [-0.25, -0.2) is 0 Å². The number of carboxylic acid groups (broad SMARTS) is 1. The second kappa shape index (κ2) is 6.21. The number of carboxylic acids is 1. The summed E-state index contributed by atoms with van der Waals surface area (Å²) in [4.78, 5) is 13.3. The predicted octanol–water partition coefficient (Wildman–Crippen LogP) is 1.31. The molecule has 0 aromatic rings. The van der Waals surface area contributed by atoms with Crippen molar-refractivity contribution >= 4 is 5.97 Å². The maximum atomic E-state index is 10.9. The Hall–Kier alpha value is -0.610. The van der Waals surface area contributed by atoms with Crippen molar-refractivity contribution in [1.29, 1.82) is 0 Å². The maximum Gasteiger partial charge on any atom is 0.320 e. The predicted molar refractivity (Wildman–Crippen MR) is 64.6 cm³/mol. The van der Waals surface area contributed by atoms with Crippen molar-refractivity contribution in [3.8, 4) is 0 Å². The zero-order valence-corrected chi connectivity index (χ0v) is 10.6. The Kier molecular flexibility index (Phi) is 5.22. The van der Waals surface area contributed by atoms with Gasteiger partial charge in [0.15, 0.2) is 0 Å². The summed E-state index contributed by atoms with van der Waals surface area (Å²) >= 11 is 0. The molecule has 0 saturated carbocycles. The summed E-state index contributed by atoms with van der Waals surface area (Å²) in [5, 5.41) is 11.8. The quantitative estimate of drug-likeness (QED) is 0.745. The summed E-state index contributed by atoms with van der Waals surface area (Å²) in [5.74, 6) is -0.750. The smallest absolute Gasteiger partial charge is 0.320 e. The van der Waals surface area contributed by atoms with Crippen LogP contribution in [0.4, 0.5) is 0 Å². The molecular weight excluding hydrogens is 204 g/mol. The fourth-order valence-corrected chi connectivity index (χ4v) is 2.58. The molecule has 0 aliphatic carbocycles. The number of nitrogens with one attached hydrogen (secondary N) is 1. The molecule has 0 spiro atoms. The van der Waals surface area contributed by atoms with Gasteiger partial charge in [0.2, 0.25) is 0 Å². The molecule has 4 heteroatoms. The van der Waals surface area contributed by atoms with E-state index in [1.807, 2.05) is 0 Å². The second-order valence-corrected chi connectivity index (χ2v) is 4.83. The van der Waals surface area contributed by atoms with E-state index < -0.39 is 12.0 Å². The Morgan fingerprint density at radius 1 is 1.44 bits per heavy atom. The Morgan fingerprint density at radius 2 is 2.00 bits per heavy atom. The minimum atomic E-state index is -0.750. The highest BCUT2D eigenvalue weighted by molar-refractivity contribution is 5.73. The molecule has 0 bridgehead atoms. The van der Waals surface area contributed by atoms with E-state index in [2.05, 4.69) is 24.1 Å². The molecule has 1 aliphatic heterocycles. The van der Waals surface area contributed by atoms with E-state index >= 15 is 0 Å². The highest BCUT2D eigenvalue weighted by Gasteiger charge is 2.25. The monoisotopic (exact) mass is 228 g/mol. The summed E-state index contributed by atoms with van der Waals surface area (Å²) < 4.78 is 0. The molecule has 1 saturated heterocycles. The SMILES string of the molecule is CNC(CCN1[C@H](C)CCC[C@@H]1C)C(=O)O. The molecule has 1 aliphatic rings. The van der Waals surface area contributed by atoms with Gasteiger partial charge in [-0.15, -0.1) is 0 Å².